The van der Waals surface area contributed by atoms with Gasteiger partial charge in [-0.1, -0.05) is 12.1 Å². The molecule has 0 fully saturated rings. The van der Waals surface area contributed by atoms with E-state index in [0.29, 0.717) is 6.54 Å². The van der Waals surface area contributed by atoms with Crippen molar-refractivity contribution in [3.05, 3.63) is 58.0 Å². The highest BCUT2D eigenvalue weighted by Gasteiger charge is 2.15. The van der Waals surface area contributed by atoms with Crippen molar-refractivity contribution in [2.24, 2.45) is 0 Å². The number of aryl methyl sites for hydroxylation is 1. The fraction of sp³-hybridized carbons (Fsp3) is 0.353. The minimum Gasteiger partial charge on any atom is -0.380 e. The van der Waals surface area contributed by atoms with Gasteiger partial charge >= 0.3 is 0 Å². The second kappa shape index (κ2) is 5.64. The van der Waals surface area contributed by atoms with E-state index in [1.54, 1.807) is 10.6 Å². The normalized spacial score (nSPS) is 13.3. The standard InChI is InChI=1S/C17H21N3O/c1-3-20-12-15(5-7-17(20)21)18-11-13-4-6-16-14(10-13)8-9-19(16)2/h4-7,10,12,18H,3,8-9,11H2,1-2H3. The van der Waals surface area contributed by atoms with Crippen LogP contribution in [0.4, 0.5) is 11.4 Å². The largest absolute Gasteiger partial charge is 0.380 e. The highest BCUT2D eigenvalue weighted by molar-refractivity contribution is 5.58. The Morgan fingerprint density at radius 2 is 2.10 bits per heavy atom. The summed E-state index contributed by atoms with van der Waals surface area (Å²) < 4.78 is 1.71. The number of nitrogens with zero attached hydrogens (tertiary/aromatic N) is 2. The Morgan fingerprint density at radius 1 is 1.24 bits per heavy atom. The number of hydrogen-bond donors (Lipinski definition) is 1. The lowest BCUT2D eigenvalue weighted by Crippen LogP contribution is -2.17. The van der Waals surface area contributed by atoms with Gasteiger partial charge in [0.05, 0.1) is 5.69 Å². The van der Waals surface area contributed by atoms with Crippen molar-refractivity contribution >= 4 is 11.4 Å². The van der Waals surface area contributed by atoms with Crippen molar-refractivity contribution in [3.63, 3.8) is 0 Å². The Kier molecular flexibility index (Phi) is 3.69. The van der Waals surface area contributed by atoms with Crippen LogP contribution in [0.1, 0.15) is 18.1 Å². The predicted molar refractivity (Wildman–Crippen MR) is 87.1 cm³/mol. The van der Waals surface area contributed by atoms with Crippen molar-refractivity contribution in [1.82, 2.24) is 4.57 Å². The van der Waals surface area contributed by atoms with E-state index in [9.17, 15) is 4.79 Å². The molecular formula is C17H21N3O. The zero-order valence-corrected chi connectivity index (χ0v) is 12.6. The minimum absolute atomic E-state index is 0.0450. The minimum atomic E-state index is 0.0450. The number of anilines is 2. The summed E-state index contributed by atoms with van der Waals surface area (Å²) in [5.41, 5.74) is 5.07. The number of rotatable bonds is 4. The zero-order valence-electron chi connectivity index (χ0n) is 12.6. The van der Waals surface area contributed by atoms with Gasteiger partial charge < -0.3 is 14.8 Å². The van der Waals surface area contributed by atoms with E-state index in [1.165, 1.54) is 16.8 Å². The van der Waals surface area contributed by atoms with Crippen LogP contribution in [0.5, 0.6) is 0 Å². The van der Waals surface area contributed by atoms with E-state index in [4.69, 9.17) is 0 Å². The fourth-order valence-electron chi connectivity index (χ4n) is 2.82. The molecule has 21 heavy (non-hydrogen) atoms. The number of hydrogen-bond acceptors (Lipinski definition) is 3. The highest BCUT2D eigenvalue weighted by Crippen LogP contribution is 2.27. The molecule has 0 spiro atoms. The first kappa shape index (κ1) is 13.7. The van der Waals surface area contributed by atoms with Gasteiger partial charge in [-0.2, -0.15) is 0 Å². The smallest absolute Gasteiger partial charge is 0.250 e. The van der Waals surface area contributed by atoms with Crippen LogP contribution in [-0.2, 0) is 19.5 Å². The Hall–Kier alpha value is -2.23. The Bertz CT molecular complexity index is 705. The third-order valence-electron chi connectivity index (χ3n) is 4.09. The van der Waals surface area contributed by atoms with Gasteiger partial charge in [-0.05, 0) is 36.6 Å². The average molecular weight is 283 g/mol. The lowest BCUT2D eigenvalue weighted by atomic mass is 10.1. The second-order valence-corrected chi connectivity index (χ2v) is 5.53. The van der Waals surface area contributed by atoms with Gasteiger partial charge in [0.25, 0.3) is 5.56 Å². The molecule has 0 aliphatic carbocycles. The van der Waals surface area contributed by atoms with Gasteiger partial charge in [0.2, 0.25) is 0 Å². The molecule has 2 aromatic rings. The summed E-state index contributed by atoms with van der Waals surface area (Å²) in [6.07, 6.45) is 3.00. The number of pyridine rings is 1. The molecule has 0 atom stereocenters. The van der Waals surface area contributed by atoms with Crippen molar-refractivity contribution < 1.29 is 0 Å². The molecule has 1 aliphatic heterocycles. The van der Waals surface area contributed by atoms with Crippen molar-refractivity contribution in [2.45, 2.75) is 26.4 Å². The number of fused-ring (bicyclic) bond motifs is 1. The monoisotopic (exact) mass is 283 g/mol. The summed E-state index contributed by atoms with van der Waals surface area (Å²) in [5, 5.41) is 3.39. The molecule has 0 saturated heterocycles. The molecule has 3 rings (SSSR count). The molecule has 1 aromatic heterocycles. The topological polar surface area (TPSA) is 37.3 Å². The molecule has 0 unspecified atom stereocenters. The number of nitrogens with one attached hydrogen (secondary N) is 1. The van der Waals surface area contributed by atoms with Crippen LogP contribution in [0.3, 0.4) is 0 Å². The van der Waals surface area contributed by atoms with Gasteiger partial charge in [0.15, 0.2) is 0 Å². The summed E-state index contributed by atoms with van der Waals surface area (Å²) in [4.78, 5) is 13.9. The van der Waals surface area contributed by atoms with E-state index in [2.05, 4.69) is 35.5 Å². The maximum absolute atomic E-state index is 11.6. The van der Waals surface area contributed by atoms with Gasteiger partial charge in [-0.25, -0.2) is 0 Å². The van der Waals surface area contributed by atoms with Gasteiger partial charge in [-0.3, -0.25) is 4.79 Å². The van der Waals surface area contributed by atoms with Crippen molar-refractivity contribution in [2.75, 3.05) is 23.8 Å². The third kappa shape index (κ3) is 2.79. The van der Waals surface area contributed by atoms with Crippen LogP contribution < -0.4 is 15.8 Å². The molecule has 110 valence electrons. The molecule has 0 saturated carbocycles. The molecule has 1 aromatic carbocycles. The molecule has 4 heteroatoms. The van der Waals surface area contributed by atoms with Crippen molar-refractivity contribution in [3.8, 4) is 0 Å². The Labute approximate surface area is 125 Å². The lowest BCUT2D eigenvalue weighted by molar-refractivity contribution is 0.727. The van der Waals surface area contributed by atoms with E-state index in [1.807, 2.05) is 19.2 Å². The average Bonchev–Trinajstić information content (AvgIpc) is 2.87. The van der Waals surface area contributed by atoms with Crippen LogP contribution >= 0.6 is 0 Å². The summed E-state index contributed by atoms with van der Waals surface area (Å²) in [5.74, 6) is 0. The molecule has 2 heterocycles. The number of aromatic nitrogens is 1. The van der Waals surface area contributed by atoms with E-state index >= 15 is 0 Å². The highest BCUT2D eigenvalue weighted by atomic mass is 16.1. The van der Waals surface area contributed by atoms with Crippen molar-refractivity contribution in [1.29, 1.82) is 0 Å². The first-order chi connectivity index (χ1) is 10.2. The lowest BCUT2D eigenvalue weighted by Gasteiger charge is -2.13. The fourth-order valence-corrected chi connectivity index (χ4v) is 2.82. The summed E-state index contributed by atoms with van der Waals surface area (Å²) >= 11 is 0. The van der Waals surface area contributed by atoms with Crippen LogP contribution in [-0.4, -0.2) is 18.2 Å². The molecule has 0 bridgehead atoms. The molecular weight excluding hydrogens is 262 g/mol. The van der Waals surface area contributed by atoms with Gasteiger partial charge in [-0.15, -0.1) is 0 Å². The van der Waals surface area contributed by atoms with E-state index in [0.717, 1.165) is 25.2 Å². The molecule has 0 radical (unpaired) electrons. The predicted octanol–water partition coefficient (Wildman–Crippen LogP) is 2.47. The molecule has 0 amide bonds. The maximum atomic E-state index is 11.6. The summed E-state index contributed by atoms with van der Waals surface area (Å²) in [6.45, 7) is 4.55. The maximum Gasteiger partial charge on any atom is 0.250 e. The Balaban J connectivity index is 1.72. The number of benzene rings is 1. The molecule has 1 N–H and O–H groups in total. The van der Waals surface area contributed by atoms with Crippen LogP contribution in [0.15, 0.2) is 41.3 Å². The first-order valence-electron chi connectivity index (χ1n) is 7.44. The van der Waals surface area contributed by atoms with E-state index < -0.39 is 0 Å². The quantitative estimate of drug-likeness (QED) is 0.936. The van der Waals surface area contributed by atoms with Crippen LogP contribution in [0.25, 0.3) is 0 Å². The molecule has 1 aliphatic rings. The van der Waals surface area contributed by atoms with Crippen LogP contribution in [0, 0.1) is 0 Å². The van der Waals surface area contributed by atoms with E-state index in [-0.39, 0.29) is 5.56 Å². The van der Waals surface area contributed by atoms with Crippen LogP contribution in [0.2, 0.25) is 0 Å². The second-order valence-electron chi connectivity index (χ2n) is 5.53. The summed E-state index contributed by atoms with van der Waals surface area (Å²) in [6, 6.07) is 10.1. The Morgan fingerprint density at radius 3 is 2.90 bits per heavy atom. The van der Waals surface area contributed by atoms with Gasteiger partial charge in [0.1, 0.15) is 0 Å². The molecule has 4 nitrogen and oxygen atoms in total. The number of likely N-dealkylation sites (N-methyl/N-ethyl adjacent to an activating group) is 1. The third-order valence-corrected chi connectivity index (χ3v) is 4.09. The SMILES string of the molecule is CCn1cc(NCc2ccc3c(c2)CCN3C)ccc1=O. The van der Waals surface area contributed by atoms with Gasteiger partial charge in [0, 0.05) is 44.6 Å². The summed E-state index contributed by atoms with van der Waals surface area (Å²) in [7, 11) is 2.14. The zero-order chi connectivity index (χ0) is 14.8. The first-order valence-corrected chi connectivity index (χ1v) is 7.44.